The van der Waals surface area contributed by atoms with Crippen LogP contribution >= 0.6 is 0 Å². The molecule has 0 bridgehead atoms. The number of nitrogens with zero attached hydrogens (tertiary/aromatic N) is 2. The fourth-order valence-corrected chi connectivity index (χ4v) is 2.33. The molecule has 3 rings (SSSR count). The minimum atomic E-state index is -0.951. The summed E-state index contributed by atoms with van der Waals surface area (Å²) >= 11 is 0. The first-order chi connectivity index (χ1) is 7.78. The summed E-state index contributed by atoms with van der Waals surface area (Å²) in [7, 11) is 0. The summed E-state index contributed by atoms with van der Waals surface area (Å²) in [5, 5.41) is 17.5. The van der Waals surface area contributed by atoms with Gasteiger partial charge in [0.25, 0.3) is 5.89 Å². The van der Waals surface area contributed by atoms with Gasteiger partial charge in [-0.1, -0.05) is 11.6 Å². The molecule has 1 atom stereocenters. The highest BCUT2D eigenvalue weighted by atomic mass is 16.5. The average molecular weight is 223 g/mol. The summed E-state index contributed by atoms with van der Waals surface area (Å²) < 4.78 is 5.21. The third kappa shape index (κ3) is 1.64. The highest BCUT2D eigenvalue weighted by molar-refractivity contribution is 5.06. The van der Waals surface area contributed by atoms with Gasteiger partial charge in [-0.2, -0.15) is 4.98 Å². The van der Waals surface area contributed by atoms with E-state index in [9.17, 15) is 5.11 Å². The summed E-state index contributed by atoms with van der Waals surface area (Å²) in [4.78, 5) is 4.36. The van der Waals surface area contributed by atoms with Crippen LogP contribution in [0.3, 0.4) is 0 Å². The zero-order valence-corrected chi connectivity index (χ0v) is 9.28. The lowest BCUT2D eigenvalue weighted by atomic mass is 9.85. The second-order valence-electron chi connectivity index (χ2n) is 4.90. The molecule has 0 radical (unpaired) electrons. The van der Waals surface area contributed by atoms with Crippen LogP contribution < -0.4 is 5.32 Å². The van der Waals surface area contributed by atoms with Gasteiger partial charge in [-0.3, -0.25) is 0 Å². The van der Waals surface area contributed by atoms with Gasteiger partial charge in [0.05, 0.1) is 0 Å². The molecule has 1 saturated carbocycles. The standard InChI is InChI=1S/C11H17N3O2/c15-11(5-2-6-12-7-11)10-13-9(14-16-10)8-3-1-4-8/h8,12,15H,1-7H2. The second-order valence-corrected chi connectivity index (χ2v) is 4.90. The van der Waals surface area contributed by atoms with E-state index in [1.54, 1.807) is 0 Å². The first kappa shape index (κ1) is 10.2. The van der Waals surface area contributed by atoms with Gasteiger partial charge in [0.2, 0.25) is 0 Å². The van der Waals surface area contributed by atoms with Crippen LogP contribution in [0.1, 0.15) is 49.7 Å². The van der Waals surface area contributed by atoms with Gasteiger partial charge in [-0.25, -0.2) is 0 Å². The maximum Gasteiger partial charge on any atom is 0.259 e. The number of β-amino-alcohol motifs (C(OH)–C–C–N with tert-alkyl or cyclic N) is 1. The summed E-state index contributed by atoms with van der Waals surface area (Å²) in [5.41, 5.74) is -0.951. The molecule has 1 unspecified atom stereocenters. The number of hydrogen-bond donors (Lipinski definition) is 2. The van der Waals surface area contributed by atoms with E-state index in [-0.39, 0.29) is 0 Å². The first-order valence-corrected chi connectivity index (χ1v) is 6.05. The normalized spacial score (nSPS) is 31.3. The Morgan fingerprint density at radius 3 is 2.88 bits per heavy atom. The largest absolute Gasteiger partial charge is 0.379 e. The summed E-state index contributed by atoms with van der Waals surface area (Å²) in [6.07, 6.45) is 5.19. The fraction of sp³-hybridized carbons (Fsp3) is 0.818. The van der Waals surface area contributed by atoms with Crippen LogP contribution in [0.4, 0.5) is 0 Å². The second kappa shape index (κ2) is 3.82. The zero-order valence-electron chi connectivity index (χ0n) is 9.28. The van der Waals surface area contributed by atoms with E-state index < -0.39 is 5.60 Å². The maximum absolute atomic E-state index is 10.4. The molecule has 2 fully saturated rings. The first-order valence-electron chi connectivity index (χ1n) is 6.05. The van der Waals surface area contributed by atoms with E-state index in [2.05, 4.69) is 15.5 Å². The molecule has 1 aromatic rings. The van der Waals surface area contributed by atoms with Crippen LogP contribution in [0.5, 0.6) is 0 Å². The van der Waals surface area contributed by atoms with Gasteiger partial charge in [0, 0.05) is 12.5 Å². The average Bonchev–Trinajstić information content (AvgIpc) is 2.66. The van der Waals surface area contributed by atoms with Crippen molar-refractivity contribution in [1.29, 1.82) is 0 Å². The highest BCUT2D eigenvalue weighted by Gasteiger charge is 2.38. The number of aromatic nitrogens is 2. The molecule has 16 heavy (non-hydrogen) atoms. The topological polar surface area (TPSA) is 71.2 Å². The zero-order chi connectivity index (χ0) is 11.0. The van der Waals surface area contributed by atoms with E-state index in [4.69, 9.17) is 4.52 Å². The predicted molar refractivity (Wildman–Crippen MR) is 56.9 cm³/mol. The van der Waals surface area contributed by atoms with Crippen molar-refractivity contribution in [3.63, 3.8) is 0 Å². The number of nitrogens with one attached hydrogen (secondary N) is 1. The van der Waals surface area contributed by atoms with E-state index in [0.717, 1.165) is 31.6 Å². The molecular formula is C11H17N3O2. The molecule has 2 aliphatic rings. The van der Waals surface area contributed by atoms with Crippen LogP contribution in [0, 0.1) is 0 Å². The van der Waals surface area contributed by atoms with Gasteiger partial charge in [0.1, 0.15) is 0 Å². The predicted octanol–water partition coefficient (Wildman–Crippen LogP) is 0.908. The molecule has 0 amide bonds. The third-order valence-corrected chi connectivity index (χ3v) is 3.67. The van der Waals surface area contributed by atoms with Gasteiger partial charge < -0.3 is 14.9 Å². The van der Waals surface area contributed by atoms with Crippen LogP contribution in [0.25, 0.3) is 0 Å². The highest BCUT2D eigenvalue weighted by Crippen LogP contribution is 2.36. The Balaban J connectivity index is 1.79. The molecule has 5 heteroatoms. The number of piperidine rings is 1. The van der Waals surface area contributed by atoms with Crippen molar-refractivity contribution in [2.45, 2.75) is 43.6 Å². The van der Waals surface area contributed by atoms with Crippen molar-refractivity contribution in [1.82, 2.24) is 15.5 Å². The molecule has 2 N–H and O–H groups in total. The van der Waals surface area contributed by atoms with Crippen LogP contribution in [-0.2, 0) is 5.60 Å². The summed E-state index contributed by atoms with van der Waals surface area (Å²) in [6.45, 7) is 1.46. The van der Waals surface area contributed by atoms with Gasteiger partial charge in [-0.15, -0.1) is 0 Å². The third-order valence-electron chi connectivity index (χ3n) is 3.67. The fourth-order valence-electron chi connectivity index (χ4n) is 2.33. The Morgan fingerprint density at radius 2 is 2.25 bits per heavy atom. The van der Waals surface area contributed by atoms with E-state index in [1.807, 2.05) is 0 Å². The van der Waals surface area contributed by atoms with Gasteiger partial charge in [0.15, 0.2) is 11.4 Å². The Kier molecular flexibility index (Phi) is 2.44. The van der Waals surface area contributed by atoms with Crippen molar-refractivity contribution >= 4 is 0 Å². The Morgan fingerprint density at radius 1 is 1.38 bits per heavy atom. The Labute approximate surface area is 94.2 Å². The van der Waals surface area contributed by atoms with Crippen LogP contribution in [0.15, 0.2) is 4.52 Å². The van der Waals surface area contributed by atoms with Crippen molar-refractivity contribution in [3.05, 3.63) is 11.7 Å². The van der Waals surface area contributed by atoms with Crippen molar-refractivity contribution in [3.8, 4) is 0 Å². The van der Waals surface area contributed by atoms with Crippen LogP contribution in [-0.4, -0.2) is 28.3 Å². The number of hydrogen-bond acceptors (Lipinski definition) is 5. The summed E-state index contributed by atoms with van der Waals surface area (Å²) in [5.74, 6) is 1.62. The minimum Gasteiger partial charge on any atom is -0.379 e. The molecule has 1 aliphatic carbocycles. The molecule has 2 heterocycles. The molecule has 1 saturated heterocycles. The quantitative estimate of drug-likeness (QED) is 0.779. The number of aliphatic hydroxyl groups is 1. The number of rotatable bonds is 2. The summed E-state index contributed by atoms with van der Waals surface area (Å²) in [6, 6.07) is 0. The Bertz CT molecular complexity index is 367. The van der Waals surface area contributed by atoms with Crippen molar-refractivity contribution in [2.75, 3.05) is 13.1 Å². The van der Waals surface area contributed by atoms with E-state index >= 15 is 0 Å². The Hall–Kier alpha value is -0.940. The minimum absolute atomic E-state index is 0.390. The molecule has 88 valence electrons. The van der Waals surface area contributed by atoms with Gasteiger partial charge >= 0.3 is 0 Å². The molecule has 1 aliphatic heterocycles. The van der Waals surface area contributed by atoms with Crippen molar-refractivity contribution < 1.29 is 9.63 Å². The molecule has 1 aromatic heterocycles. The molecule has 5 nitrogen and oxygen atoms in total. The lowest BCUT2D eigenvalue weighted by Crippen LogP contribution is -2.43. The lowest BCUT2D eigenvalue weighted by Gasteiger charge is -2.28. The SMILES string of the molecule is OC1(c2nc(C3CCC3)no2)CCCNC1. The van der Waals surface area contributed by atoms with E-state index in [1.165, 1.54) is 6.42 Å². The maximum atomic E-state index is 10.4. The van der Waals surface area contributed by atoms with Crippen LogP contribution in [0.2, 0.25) is 0 Å². The van der Waals surface area contributed by atoms with Gasteiger partial charge in [-0.05, 0) is 32.2 Å². The molecular weight excluding hydrogens is 206 g/mol. The monoisotopic (exact) mass is 223 g/mol. The van der Waals surface area contributed by atoms with Crippen molar-refractivity contribution in [2.24, 2.45) is 0 Å². The van der Waals surface area contributed by atoms with E-state index in [0.29, 0.717) is 24.8 Å². The lowest BCUT2D eigenvalue weighted by molar-refractivity contribution is -0.0167. The smallest absolute Gasteiger partial charge is 0.259 e. The molecule has 0 aromatic carbocycles. The molecule has 0 spiro atoms.